The van der Waals surface area contributed by atoms with E-state index in [1.807, 2.05) is 6.92 Å². The van der Waals surface area contributed by atoms with Crippen molar-refractivity contribution < 1.29 is 9.59 Å². The minimum atomic E-state index is -0.688. The fourth-order valence-corrected chi connectivity index (χ4v) is 3.33. The first-order chi connectivity index (χ1) is 8.91. The van der Waals surface area contributed by atoms with Gasteiger partial charge in [0.25, 0.3) is 0 Å². The molecule has 1 atom stereocenters. The highest BCUT2D eigenvalue weighted by molar-refractivity contribution is 5.89. The Hall–Kier alpha value is -1.10. The van der Waals surface area contributed by atoms with Crippen LogP contribution in [-0.4, -0.2) is 42.4 Å². The Balaban J connectivity index is 2.04. The molecule has 1 aliphatic carbocycles. The summed E-state index contributed by atoms with van der Waals surface area (Å²) >= 11 is 0. The molecule has 1 saturated heterocycles. The first kappa shape index (κ1) is 14.3. The van der Waals surface area contributed by atoms with Crippen molar-refractivity contribution in [3.05, 3.63) is 0 Å². The Morgan fingerprint density at radius 1 is 1.16 bits per heavy atom. The van der Waals surface area contributed by atoms with Gasteiger partial charge < -0.3 is 16.0 Å². The van der Waals surface area contributed by atoms with Gasteiger partial charge in [-0.25, -0.2) is 0 Å². The number of nitrogens with one attached hydrogen (secondary N) is 1. The van der Waals surface area contributed by atoms with Crippen molar-refractivity contribution >= 4 is 11.8 Å². The van der Waals surface area contributed by atoms with Crippen molar-refractivity contribution in [3.8, 4) is 0 Å². The second-order valence-electron chi connectivity index (χ2n) is 6.33. The van der Waals surface area contributed by atoms with Gasteiger partial charge in [-0.1, -0.05) is 19.3 Å². The SMILES string of the molecule is CNC(=O)C1(C)CCN(C(=O)C2(N)CCCCC2)C1. The molecule has 2 aliphatic rings. The zero-order valence-electron chi connectivity index (χ0n) is 12.0. The van der Waals surface area contributed by atoms with Crippen LogP contribution in [0.5, 0.6) is 0 Å². The maximum absolute atomic E-state index is 12.6. The van der Waals surface area contributed by atoms with Gasteiger partial charge in [0.2, 0.25) is 11.8 Å². The molecular weight excluding hydrogens is 242 g/mol. The van der Waals surface area contributed by atoms with Crippen LogP contribution in [0.2, 0.25) is 0 Å². The van der Waals surface area contributed by atoms with E-state index in [-0.39, 0.29) is 11.8 Å². The number of hydrogen-bond donors (Lipinski definition) is 2. The van der Waals surface area contributed by atoms with Crippen LogP contribution >= 0.6 is 0 Å². The van der Waals surface area contributed by atoms with Crippen molar-refractivity contribution in [2.45, 2.75) is 51.0 Å². The van der Waals surface area contributed by atoms with Crippen LogP contribution in [0.3, 0.4) is 0 Å². The summed E-state index contributed by atoms with van der Waals surface area (Å²) in [7, 11) is 1.64. The fraction of sp³-hybridized carbons (Fsp3) is 0.857. The molecule has 2 amide bonds. The molecule has 5 heteroatoms. The van der Waals surface area contributed by atoms with E-state index in [2.05, 4.69) is 5.32 Å². The van der Waals surface area contributed by atoms with Gasteiger partial charge >= 0.3 is 0 Å². The van der Waals surface area contributed by atoms with Gasteiger partial charge in [0.15, 0.2) is 0 Å². The molecule has 3 N–H and O–H groups in total. The molecule has 1 heterocycles. The minimum absolute atomic E-state index is 0.0116. The molecule has 2 rings (SSSR count). The molecule has 19 heavy (non-hydrogen) atoms. The first-order valence-electron chi connectivity index (χ1n) is 7.22. The topological polar surface area (TPSA) is 75.4 Å². The third-order valence-electron chi connectivity index (χ3n) is 4.71. The zero-order valence-corrected chi connectivity index (χ0v) is 12.0. The summed E-state index contributed by atoms with van der Waals surface area (Å²) in [5.74, 6) is 0.0531. The van der Waals surface area contributed by atoms with Gasteiger partial charge in [0, 0.05) is 20.1 Å². The highest BCUT2D eigenvalue weighted by Crippen LogP contribution is 2.34. The van der Waals surface area contributed by atoms with E-state index in [9.17, 15) is 9.59 Å². The van der Waals surface area contributed by atoms with Crippen LogP contribution in [0, 0.1) is 5.41 Å². The standard InChI is InChI=1S/C14H25N3O2/c1-13(11(18)16-2)8-9-17(10-13)12(19)14(15)6-4-3-5-7-14/h3-10,15H2,1-2H3,(H,16,18). The summed E-state index contributed by atoms with van der Waals surface area (Å²) < 4.78 is 0. The first-order valence-corrected chi connectivity index (χ1v) is 7.22. The van der Waals surface area contributed by atoms with Crippen molar-refractivity contribution in [1.82, 2.24) is 10.2 Å². The Bertz CT molecular complexity index is 377. The molecule has 1 unspecified atom stereocenters. The molecule has 1 aliphatic heterocycles. The van der Waals surface area contributed by atoms with E-state index in [4.69, 9.17) is 5.73 Å². The largest absolute Gasteiger partial charge is 0.359 e. The van der Waals surface area contributed by atoms with Crippen LogP contribution in [0.25, 0.3) is 0 Å². The minimum Gasteiger partial charge on any atom is -0.359 e. The van der Waals surface area contributed by atoms with Gasteiger partial charge in [0.1, 0.15) is 0 Å². The van der Waals surface area contributed by atoms with Gasteiger partial charge in [-0.2, -0.15) is 0 Å². The summed E-state index contributed by atoms with van der Waals surface area (Å²) in [6, 6.07) is 0. The maximum atomic E-state index is 12.6. The Labute approximate surface area is 114 Å². The molecular formula is C14H25N3O2. The van der Waals surface area contributed by atoms with Crippen LogP contribution in [-0.2, 0) is 9.59 Å². The number of nitrogens with zero attached hydrogens (tertiary/aromatic N) is 1. The summed E-state index contributed by atoms with van der Waals surface area (Å²) in [5.41, 5.74) is 5.14. The molecule has 0 radical (unpaired) electrons. The molecule has 0 spiro atoms. The number of amides is 2. The normalized spacial score (nSPS) is 30.2. The third kappa shape index (κ3) is 2.61. The second-order valence-corrected chi connectivity index (χ2v) is 6.33. The number of likely N-dealkylation sites (tertiary alicyclic amines) is 1. The fourth-order valence-electron chi connectivity index (χ4n) is 3.33. The molecule has 0 bridgehead atoms. The lowest BCUT2D eigenvalue weighted by Crippen LogP contribution is -2.56. The lowest BCUT2D eigenvalue weighted by molar-refractivity contribution is -0.138. The Morgan fingerprint density at radius 3 is 2.37 bits per heavy atom. The van der Waals surface area contributed by atoms with E-state index in [1.54, 1.807) is 11.9 Å². The monoisotopic (exact) mass is 267 g/mol. The Morgan fingerprint density at radius 2 is 1.79 bits per heavy atom. The van der Waals surface area contributed by atoms with Gasteiger partial charge in [-0.05, 0) is 26.2 Å². The van der Waals surface area contributed by atoms with Crippen molar-refractivity contribution in [2.75, 3.05) is 20.1 Å². The highest BCUT2D eigenvalue weighted by Gasteiger charge is 2.46. The van der Waals surface area contributed by atoms with E-state index in [0.29, 0.717) is 19.5 Å². The zero-order chi connectivity index (χ0) is 14.1. The number of rotatable bonds is 2. The highest BCUT2D eigenvalue weighted by atomic mass is 16.2. The van der Waals surface area contributed by atoms with E-state index in [0.717, 1.165) is 25.7 Å². The predicted molar refractivity (Wildman–Crippen MR) is 73.4 cm³/mol. The molecule has 2 fully saturated rings. The molecule has 108 valence electrons. The van der Waals surface area contributed by atoms with Crippen LogP contribution in [0.15, 0.2) is 0 Å². The summed E-state index contributed by atoms with van der Waals surface area (Å²) in [6.07, 6.45) is 5.50. The molecule has 1 saturated carbocycles. The van der Waals surface area contributed by atoms with E-state index >= 15 is 0 Å². The summed E-state index contributed by atoms with van der Waals surface area (Å²) in [6.45, 7) is 3.05. The van der Waals surface area contributed by atoms with Gasteiger partial charge in [-0.3, -0.25) is 9.59 Å². The summed E-state index contributed by atoms with van der Waals surface area (Å²) in [4.78, 5) is 26.3. The lowest BCUT2D eigenvalue weighted by Gasteiger charge is -2.35. The van der Waals surface area contributed by atoms with Crippen LogP contribution in [0.1, 0.15) is 45.4 Å². The quantitative estimate of drug-likeness (QED) is 0.770. The van der Waals surface area contributed by atoms with E-state index < -0.39 is 11.0 Å². The van der Waals surface area contributed by atoms with Crippen LogP contribution < -0.4 is 11.1 Å². The predicted octanol–water partition coefficient (Wildman–Crippen LogP) is 0.633. The summed E-state index contributed by atoms with van der Waals surface area (Å²) in [5, 5.41) is 2.69. The Kier molecular flexibility index (Phi) is 3.85. The second kappa shape index (κ2) is 5.12. The van der Waals surface area contributed by atoms with Gasteiger partial charge in [-0.15, -0.1) is 0 Å². The molecule has 0 aromatic heterocycles. The number of hydrogen-bond acceptors (Lipinski definition) is 3. The molecule has 0 aromatic rings. The third-order valence-corrected chi connectivity index (χ3v) is 4.71. The van der Waals surface area contributed by atoms with Crippen molar-refractivity contribution in [2.24, 2.45) is 11.1 Å². The molecule has 5 nitrogen and oxygen atoms in total. The smallest absolute Gasteiger partial charge is 0.242 e. The van der Waals surface area contributed by atoms with Crippen LogP contribution in [0.4, 0.5) is 0 Å². The average molecular weight is 267 g/mol. The van der Waals surface area contributed by atoms with Gasteiger partial charge in [0.05, 0.1) is 11.0 Å². The number of carbonyl (C=O) groups excluding carboxylic acids is 2. The molecule has 0 aromatic carbocycles. The average Bonchev–Trinajstić information content (AvgIpc) is 2.81. The maximum Gasteiger partial charge on any atom is 0.242 e. The number of nitrogens with two attached hydrogens (primary N) is 1. The van der Waals surface area contributed by atoms with Crippen molar-refractivity contribution in [1.29, 1.82) is 0 Å². The van der Waals surface area contributed by atoms with Crippen molar-refractivity contribution in [3.63, 3.8) is 0 Å². The number of carbonyl (C=O) groups is 2. The van der Waals surface area contributed by atoms with E-state index in [1.165, 1.54) is 6.42 Å². The lowest BCUT2D eigenvalue weighted by atomic mass is 9.81.